The van der Waals surface area contributed by atoms with Crippen LogP contribution in [0.5, 0.6) is 0 Å². The molecule has 0 bridgehead atoms. The Hall–Kier alpha value is -2.88. The van der Waals surface area contributed by atoms with Crippen LogP contribution in [-0.2, 0) is 6.18 Å². The Morgan fingerprint density at radius 2 is 1.71 bits per heavy atom. The molecule has 1 atom stereocenters. The molecular weight excluding hydrogens is 439 g/mol. The third-order valence-corrected chi connectivity index (χ3v) is 4.21. The molecule has 0 fully saturated rings. The molecule has 0 spiro atoms. The third-order valence-electron chi connectivity index (χ3n) is 3.75. The second-order valence-corrected chi connectivity index (χ2v) is 6.70. The number of benzene rings is 1. The molecule has 10 heteroatoms. The van der Waals surface area contributed by atoms with Crippen molar-refractivity contribution < 1.29 is 18.0 Å². The normalized spacial score (nSPS) is 12.5. The van der Waals surface area contributed by atoms with Gasteiger partial charge in [0, 0.05) is 34.8 Å². The van der Waals surface area contributed by atoms with Crippen molar-refractivity contribution in [3.8, 4) is 11.5 Å². The van der Waals surface area contributed by atoms with E-state index in [4.69, 9.17) is 0 Å². The zero-order chi connectivity index (χ0) is 20.3. The number of halogens is 4. The molecule has 3 rings (SSSR count). The van der Waals surface area contributed by atoms with Crippen LogP contribution >= 0.6 is 15.9 Å². The molecule has 2 aromatic heterocycles. The Bertz CT molecular complexity index is 998. The smallest absolute Gasteiger partial charge is 0.344 e. The van der Waals surface area contributed by atoms with Crippen LogP contribution in [-0.4, -0.2) is 25.8 Å². The van der Waals surface area contributed by atoms with Gasteiger partial charge in [-0.25, -0.2) is 15.0 Å². The molecule has 144 valence electrons. The van der Waals surface area contributed by atoms with Crippen LogP contribution in [0.3, 0.4) is 0 Å². The molecule has 1 N–H and O–H groups in total. The van der Waals surface area contributed by atoms with Crippen molar-refractivity contribution in [1.82, 2.24) is 25.3 Å². The van der Waals surface area contributed by atoms with E-state index in [0.29, 0.717) is 17.2 Å². The summed E-state index contributed by atoms with van der Waals surface area (Å²) in [6.45, 7) is 1.65. The average molecular weight is 452 g/mol. The molecule has 0 aliphatic rings. The molecule has 6 nitrogen and oxygen atoms in total. The number of rotatable bonds is 4. The van der Waals surface area contributed by atoms with Crippen LogP contribution in [0, 0.1) is 0 Å². The molecule has 1 unspecified atom stereocenters. The van der Waals surface area contributed by atoms with E-state index >= 15 is 0 Å². The first-order chi connectivity index (χ1) is 13.3. The zero-order valence-corrected chi connectivity index (χ0v) is 16.0. The number of carbonyl (C=O) groups is 1. The molecule has 0 saturated heterocycles. The molecule has 1 amide bonds. The maximum Gasteiger partial charge on any atom is 0.416 e. The van der Waals surface area contributed by atoms with Gasteiger partial charge in [0.05, 0.1) is 17.3 Å². The van der Waals surface area contributed by atoms with Gasteiger partial charge in [-0.15, -0.1) is 0 Å². The molecule has 2 heterocycles. The van der Waals surface area contributed by atoms with Crippen molar-refractivity contribution in [2.45, 2.75) is 19.1 Å². The second kappa shape index (κ2) is 8.01. The van der Waals surface area contributed by atoms with Crippen molar-refractivity contribution in [2.75, 3.05) is 0 Å². The lowest BCUT2D eigenvalue weighted by Gasteiger charge is -2.16. The van der Waals surface area contributed by atoms with Crippen LogP contribution < -0.4 is 5.32 Å². The maximum absolute atomic E-state index is 13.0. The van der Waals surface area contributed by atoms with Gasteiger partial charge in [0.1, 0.15) is 5.69 Å². The topological polar surface area (TPSA) is 80.7 Å². The Morgan fingerprint density at radius 1 is 1.04 bits per heavy atom. The minimum absolute atomic E-state index is 0.130. The lowest BCUT2D eigenvalue weighted by Crippen LogP contribution is -2.28. The van der Waals surface area contributed by atoms with E-state index in [1.165, 1.54) is 18.5 Å². The third kappa shape index (κ3) is 4.50. The van der Waals surface area contributed by atoms with E-state index in [-0.39, 0.29) is 10.0 Å². The van der Waals surface area contributed by atoms with E-state index in [1.54, 1.807) is 25.4 Å². The summed E-state index contributed by atoms with van der Waals surface area (Å²) in [6, 6.07) is 4.03. The van der Waals surface area contributed by atoms with Gasteiger partial charge < -0.3 is 5.32 Å². The fourth-order valence-electron chi connectivity index (χ4n) is 2.49. The van der Waals surface area contributed by atoms with E-state index in [2.05, 4.69) is 41.2 Å². The quantitative estimate of drug-likeness (QED) is 0.642. The van der Waals surface area contributed by atoms with E-state index in [9.17, 15) is 18.0 Å². The summed E-state index contributed by atoms with van der Waals surface area (Å²) < 4.78 is 39.1. The Kier molecular flexibility index (Phi) is 5.68. The Labute approximate surface area is 166 Å². The van der Waals surface area contributed by atoms with Crippen LogP contribution in [0.4, 0.5) is 13.2 Å². The molecule has 1 aromatic carbocycles. The molecule has 0 saturated carbocycles. The summed E-state index contributed by atoms with van der Waals surface area (Å²) in [4.78, 5) is 29.2. The fraction of sp³-hybridized carbons (Fsp3) is 0.167. The first-order valence-corrected chi connectivity index (χ1v) is 8.82. The van der Waals surface area contributed by atoms with Gasteiger partial charge in [0.2, 0.25) is 0 Å². The summed E-state index contributed by atoms with van der Waals surface area (Å²) in [6.07, 6.45) is 1.44. The van der Waals surface area contributed by atoms with Crippen LogP contribution in [0.15, 0.2) is 53.5 Å². The van der Waals surface area contributed by atoms with Gasteiger partial charge in [-0.05, 0) is 31.2 Å². The van der Waals surface area contributed by atoms with Gasteiger partial charge in [-0.3, -0.25) is 9.78 Å². The Balaban J connectivity index is 1.88. The van der Waals surface area contributed by atoms with Crippen molar-refractivity contribution in [2.24, 2.45) is 0 Å². The number of hydrogen-bond acceptors (Lipinski definition) is 5. The lowest BCUT2D eigenvalue weighted by molar-refractivity contribution is -0.137. The molecule has 0 radical (unpaired) electrons. The first kappa shape index (κ1) is 19.9. The highest BCUT2D eigenvalue weighted by molar-refractivity contribution is 9.10. The summed E-state index contributed by atoms with van der Waals surface area (Å²) >= 11 is 3.01. The highest BCUT2D eigenvalue weighted by Gasteiger charge is 2.32. The predicted octanol–water partition coefficient (Wildman–Crippen LogP) is 4.21. The van der Waals surface area contributed by atoms with Gasteiger partial charge in [-0.2, -0.15) is 13.2 Å². The number of alkyl halides is 3. The minimum Gasteiger partial charge on any atom is -0.344 e. The molecule has 28 heavy (non-hydrogen) atoms. The van der Waals surface area contributed by atoms with Crippen molar-refractivity contribution in [3.63, 3.8) is 0 Å². The van der Waals surface area contributed by atoms with Crippen LogP contribution in [0.1, 0.15) is 34.6 Å². The number of aromatic nitrogens is 4. The summed E-state index contributed by atoms with van der Waals surface area (Å²) in [5.74, 6) is -0.349. The van der Waals surface area contributed by atoms with Crippen molar-refractivity contribution in [3.05, 3.63) is 70.3 Å². The highest BCUT2D eigenvalue weighted by atomic mass is 79.9. The van der Waals surface area contributed by atoms with Gasteiger partial charge in [0.25, 0.3) is 5.91 Å². The lowest BCUT2D eigenvalue weighted by atomic mass is 10.1. The highest BCUT2D eigenvalue weighted by Crippen LogP contribution is 2.32. The molecular formula is C18H13BrF3N5O. The molecule has 0 aliphatic carbocycles. The number of amides is 1. The van der Waals surface area contributed by atoms with Gasteiger partial charge >= 0.3 is 6.18 Å². The number of nitrogens with zero attached hydrogens (tertiary/aromatic N) is 4. The van der Waals surface area contributed by atoms with Crippen LogP contribution in [0.2, 0.25) is 0 Å². The Morgan fingerprint density at radius 3 is 2.39 bits per heavy atom. The second-order valence-electron chi connectivity index (χ2n) is 5.78. The minimum atomic E-state index is -4.56. The van der Waals surface area contributed by atoms with E-state index in [0.717, 1.165) is 12.1 Å². The SMILES string of the molecule is CC(NC(=O)c1cc(Br)cc(C(F)(F)F)c1)c1nccnc1-c1ncccn1. The summed E-state index contributed by atoms with van der Waals surface area (Å²) in [5.41, 5.74) is -0.276. The largest absolute Gasteiger partial charge is 0.416 e. The number of carbonyl (C=O) groups excluding carboxylic acids is 1. The van der Waals surface area contributed by atoms with Gasteiger partial charge in [-0.1, -0.05) is 15.9 Å². The fourth-order valence-corrected chi connectivity index (χ4v) is 2.99. The average Bonchev–Trinajstić information content (AvgIpc) is 2.67. The van der Waals surface area contributed by atoms with Crippen LogP contribution in [0.25, 0.3) is 11.5 Å². The summed E-state index contributed by atoms with van der Waals surface area (Å²) in [7, 11) is 0. The number of nitrogens with one attached hydrogen (secondary N) is 1. The number of hydrogen-bond donors (Lipinski definition) is 1. The van der Waals surface area contributed by atoms with Crippen molar-refractivity contribution >= 4 is 21.8 Å². The van der Waals surface area contributed by atoms with E-state index in [1.807, 2.05) is 0 Å². The van der Waals surface area contributed by atoms with Crippen molar-refractivity contribution in [1.29, 1.82) is 0 Å². The molecule has 0 aliphatic heterocycles. The maximum atomic E-state index is 13.0. The summed E-state index contributed by atoms with van der Waals surface area (Å²) in [5, 5.41) is 2.64. The monoisotopic (exact) mass is 451 g/mol. The standard InChI is InChI=1S/C18H13BrF3N5O/c1-10(14-15(24-6-5-23-14)16-25-3-2-4-26-16)27-17(28)11-7-12(18(20,21)22)9-13(19)8-11/h2-10H,1H3,(H,27,28). The first-order valence-electron chi connectivity index (χ1n) is 8.02. The zero-order valence-electron chi connectivity index (χ0n) is 14.4. The van der Waals surface area contributed by atoms with E-state index < -0.39 is 23.7 Å². The molecule has 3 aromatic rings. The van der Waals surface area contributed by atoms with Gasteiger partial charge in [0.15, 0.2) is 5.82 Å². The predicted molar refractivity (Wildman–Crippen MR) is 98.1 cm³/mol.